The summed E-state index contributed by atoms with van der Waals surface area (Å²) in [5.74, 6) is 2.36. The van der Waals surface area contributed by atoms with Gasteiger partial charge in [0.1, 0.15) is 0 Å². The lowest BCUT2D eigenvalue weighted by Gasteiger charge is -2.34. The van der Waals surface area contributed by atoms with E-state index in [2.05, 4.69) is 17.1 Å². The van der Waals surface area contributed by atoms with Crippen LogP contribution < -0.4 is 0 Å². The van der Waals surface area contributed by atoms with Crippen molar-refractivity contribution in [3.63, 3.8) is 0 Å². The Kier molecular flexibility index (Phi) is 3.27. The summed E-state index contributed by atoms with van der Waals surface area (Å²) in [6.07, 6.45) is 10.7. The van der Waals surface area contributed by atoms with Crippen LogP contribution in [0.15, 0.2) is 12.2 Å². The van der Waals surface area contributed by atoms with Crippen LogP contribution in [-0.2, 0) is 9.84 Å². The van der Waals surface area contributed by atoms with Crippen molar-refractivity contribution >= 4 is 9.84 Å². The molecule has 2 bridgehead atoms. The average molecular weight is 269 g/mol. The maximum Gasteiger partial charge on any atom is 0.151 e. The number of likely N-dealkylation sites (tertiary alicyclic amines) is 1. The van der Waals surface area contributed by atoms with Crippen LogP contribution in [0.2, 0.25) is 0 Å². The third-order valence-electron chi connectivity index (χ3n) is 4.98. The van der Waals surface area contributed by atoms with Crippen molar-refractivity contribution in [1.29, 1.82) is 0 Å². The Labute approximate surface area is 110 Å². The van der Waals surface area contributed by atoms with E-state index in [0.717, 1.165) is 50.2 Å². The van der Waals surface area contributed by atoms with E-state index in [9.17, 15) is 8.42 Å². The van der Waals surface area contributed by atoms with Crippen LogP contribution >= 0.6 is 0 Å². The molecule has 4 atom stereocenters. The highest BCUT2D eigenvalue weighted by Crippen LogP contribution is 2.43. The van der Waals surface area contributed by atoms with Gasteiger partial charge in [-0.15, -0.1) is 0 Å². The molecule has 1 aliphatic heterocycles. The molecule has 0 amide bonds. The fourth-order valence-electron chi connectivity index (χ4n) is 3.96. The van der Waals surface area contributed by atoms with Crippen molar-refractivity contribution in [2.45, 2.75) is 30.9 Å². The van der Waals surface area contributed by atoms with E-state index in [-0.39, 0.29) is 5.25 Å². The molecule has 0 unspecified atom stereocenters. The quantitative estimate of drug-likeness (QED) is 0.732. The second kappa shape index (κ2) is 4.64. The summed E-state index contributed by atoms with van der Waals surface area (Å²) in [6.45, 7) is 2.96. The highest BCUT2D eigenvalue weighted by Gasteiger charge is 2.37. The van der Waals surface area contributed by atoms with Gasteiger partial charge in [-0.05, 0) is 50.0 Å². The standard InChI is InChI=1S/C14H23NO2S/c1-18(16,17)14-3-2-6-15(10-14)9-13-8-11-4-5-12(13)7-11/h4-5,11-14H,2-3,6-10H2,1H3/t11-,12-,13-,14-/m0/s1. The van der Waals surface area contributed by atoms with Crippen LogP contribution in [0.5, 0.6) is 0 Å². The maximum atomic E-state index is 11.7. The molecule has 1 heterocycles. The Bertz CT molecular complexity index is 443. The average Bonchev–Trinajstić information content (AvgIpc) is 2.90. The predicted octanol–water partition coefficient (Wildman–Crippen LogP) is 1.71. The lowest BCUT2D eigenvalue weighted by Crippen LogP contribution is -2.44. The molecule has 0 spiro atoms. The maximum absolute atomic E-state index is 11.7. The van der Waals surface area contributed by atoms with Gasteiger partial charge in [0, 0.05) is 19.3 Å². The first-order valence-electron chi connectivity index (χ1n) is 7.12. The molecule has 18 heavy (non-hydrogen) atoms. The summed E-state index contributed by atoms with van der Waals surface area (Å²) in [5, 5.41) is -0.125. The van der Waals surface area contributed by atoms with E-state index in [0.29, 0.717) is 0 Å². The Morgan fingerprint density at radius 3 is 2.72 bits per heavy atom. The minimum atomic E-state index is -2.86. The molecular weight excluding hydrogens is 246 g/mol. The van der Waals surface area contributed by atoms with Gasteiger partial charge in [0.25, 0.3) is 0 Å². The molecule has 3 aliphatic rings. The molecule has 0 N–H and O–H groups in total. The first-order chi connectivity index (χ1) is 8.52. The summed E-state index contributed by atoms with van der Waals surface area (Å²) >= 11 is 0. The van der Waals surface area contributed by atoms with Gasteiger partial charge in [-0.25, -0.2) is 8.42 Å². The zero-order chi connectivity index (χ0) is 12.8. The number of piperidine rings is 1. The van der Waals surface area contributed by atoms with Crippen LogP contribution in [0.1, 0.15) is 25.7 Å². The topological polar surface area (TPSA) is 37.4 Å². The van der Waals surface area contributed by atoms with Crippen molar-refractivity contribution in [1.82, 2.24) is 4.90 Å². The van der Waals surface area contributed by atoms with Crippen LogP contribution in [0.3, 0.4) is 0 Å². The first-order valence-corrected chi connectivity index (χ1v) is 9.07. The van der Waals surface area contributed by atoms with Gasteiger partial charge < -0.3 is 4.90 Å². The molecule has 0 radical (unpaired) electrons. The van der Waals surface area contributed by atoms with Crippen molar-refractivity contribution in [3.05, 3.63) is 12.2 Å². The van der Waals surface area contributed by atoms with Crippen molar-refractivity contribution < 1.29 is 8.42 Å². The minimum Gasteiger partial charge on any atom is -0.302 e. The van der Waals surface area contributed by atoms with Crippen LogP contribution in [0.25, 0.3) is 0 Å². The summed E-state index contributed by atoms with van der Waals surface area (Å²) in [6, 6.07) is 0. The van der Waals surface area contributed by atoms with Gasteiger partial charge >= 0.3 is 0 Å². The molecule has 1 saturated carbocycles. The molecule has 3 nitrogen and oxygen atoms in total. The molecule has 1 saturated heterocycles. The largest absolute Gasteiger partial charge is 0.302 e. The van der Waals surface area contributed by atoms with Gasteiger partial charge in [-0.2, -0.15) is 0 Å². The van der Waals surface area contributed by atoms with Crippen LogP contribution in [-0.4, -0.2) is 44.5 Å². The Morgan fingerprint density at radius 2 is 2.11 bits per heavy atom. The van der Waals surface area contributed by atoms with E-state index < -0.39 is 9.84 Å². The molecule has 0 aromatic rings. The number of sulfone groups is 1. The molecule has 0 aromatic carbocycles. The van der Waals surface area contributed by atoms with Gasteiger partial charge in [0.2, 0.25) is 0 Å². The smallest absolute Gasteiger partial charge is 0.151 e. The summed E-state index contributed by atoms with van der Waals surface area (Å²) in [4.78, 5) is 2.40. The first kappa shape index (κ1) is 12.7. The van der Waals surface area contributed by atoms with E-state index in [4.69, 9.17) is 0 Å². The summed E-state index contributed by atoms with van der Waals surface area (Å²) in [7, 11) is -2.86. The number of rotatable bonds is 3. The number of nitrogens with zero attached hydrogens (tertiary/aromatic N) is 1. The van der Waals surface area contributed by atoms with E-state index >= 15 is 0 Å². The molecule has 3 rings (SSSR count). The molecular formula is C14H23NO2S. The minimum absolute atomic E-state index is 0.125. The summed E-state index contributed by atoms with van der Waals surface area (Å²) < 4.78 is 23.3. The highest BCUT2D eigenvalue weighted by molar-refractivity contribution is 7.91. The van der Waals surface area contributed by atoms with Gasteiger partial charge in [-0.3, -0.25) is 0 Å². The second-order valence-electron chi connectivity index (χ2n) is 6.39. The molecule has 4 heteroatoms. The molecule has 2 aliphatic carbocycles. The van der Waals surface area contributed by atoms with Gasteiger partial charge in [-0.1, -0.05) is 12.2 Å². The summed E-state index contributed by atoms with van der Waals surface area (Å²) in [5.41, 5.74) is 0. The van der Waals surface area contributed by atoms with Crippen LogP contribution in [0.4, 0.5) is 0 Å². The number of fused-ring (bicyclic) bond motifs is 2. The van der Waals surface area contributed by atoms with E-state index in [1.807, 2.05) is 0 Å². The Morgan fingerprint density at radius 1 is 1.28 bits per heavy atom. The van der Waals surface area contributed by atoms with E-state index in [1.165, 1.54) is 19.1 Å². The SMILES string of the molecule is CS(=O)(=O)[C@H]1CCCN(C[C@@H]2C[C@H]3C=C[C@H]2C3)C1. The van der Waals surface area contributed by atoms with Crippen molar-refractivity contribution in [2.24, 2.45) is 17.8 Å². The normalized spacial score (nSPS) is 40.5. The third-order valence-corrected chi connectivity index (χ3v) is 6.57. The number of hydrogen-bond acceptors (Lipinski definition) is 3. The number of hydrogen-bond donors (Lipinski definition) is 0. The molecule has 0 aromatic heterocycles. The molecule has 102 valence electrons. The highest BCUT2D eigenvalue weighted by atomic mass is 32.2. The zero-order valence-electron chi connectivity index (χ0n) is 11.1. The number of allylic oxidation sites excluding steroid dienone is 2. The fourth-order valence-corrected chi connectivity index (χ4v) is 5.04. The Balaban J connectivity index is 1.59. The van der Waals surface area contributed by atoms with Crippen LogP contribution in [0, 0.1) is 17.8 Å². The lowest BCUT2D eigenvalue weighted by atomic mass is 9.92. The van der Waals surface area contributed by atoms with E-state index in [1.54, 1.807) is 0 Å². The second-order valence-corrected chi connectivity index (χ2v) is 8.72. The fraction of sp³-hybridized carbons (Fsp3) is 0.857. The van der Waals surface area contributed by atoms with Gasteiger partial charge in [0.15, 0.2) is 9.84 Å². The van der Waals surface area contributed by atoms with Crippen molar-refractivity contribution in [2.75, 3.05) is 25.9 Å². The zero-order valence-corrected chi connectivity index (χ0v) is 11.9. The monoisotopic (exact) mass is 269 g/mol. The third kappa shape index (κ3) is 2.50. The lowest BCUT2D eigenvalue weighted by molar-refractivity contribution is 0.185. The Hall–Kier alpha value is -0.350. The van der Waals surface area contributed by atoms with Crippen molar-refractivity contribution in [3.8, 4) is 0 Å². The predicted molar refractivity (Wildman–Crippen MR) is 73.1 cm³/mol. The molecule has 2 fully saturated rings. The van der Waals surface area contributed by atoms with Gasteiger partial charge in [0.05, 0.1) is 5.25 Å².